The number of hydrogen-bond donors (Lipinski definition) is 1. The van der Waals surface area contributed by atoms with Crippen LogP contribution in [0.25, 0.3) is 0 Å². The summed E-state index contributed by atoms with van der Waals surface area (Å²) in [6, 6.07) is 4.65. The zero-order valence-electron chi connectivity index (χ0n) is 13.9. The van der Waals surface area contributed by atoms with Crippen molar-refractivity contribution < 1.29 is 27.8 Å². The van der Waals surface area contributed by atoms with Gasteiger partial charge >= 0.3 is 6.18 Å². The van der Waals surface area contributed by atoms with Gasteiger partial charge in [0.15, 0.2) is 0 Å². The number of halogens is 3. The average Bonchev–Trinajstić information content (AvgIpc) is 2.54. The molecule has 0 bridgehead atoms. The van der Waals surface area contributed by atoms with Crippen LogP contribution >= 0.6 is 0 Å². The van der Waals surface area contributed by atoms with Crippen molar-refractivity contribution in [2.75, 3.05) is 19.8 Å². The molecule has 0 saturated carbocycles. The Labute approximate surface area is 139 Å². The molecule has 2 rings (SSSR count). The minimum atomic E-state index is -4.45. The number of nitrogens with zero attached hydrogens (tertiary/aromatic N) is 1. The number of alkyl halides is 3. The lowest BCUT2D eigenvalue weighted by Gasteiger charge is -2.41. The van der Waals surface area contributed by atoms with E-state index in [0.717, 1.165) is 12.1 Å². The quantitative estimate of drug-likeness (QED) is 0.916. The van der Waals surface area contributed by atoms with E-state index in [4.69, 9.17) is 4.74 Å². The SMILES string of the molecule is CC1COC(CO)CN1C(=O)C(C)(C)c1cccc(C(F)(F)F)c1. The third-order valence-electron chi connectivity index (χ3n) is 4.42. The number of aliphatic hydroxyl groups excluding tert-OH is 1. The smallest absolute Gasteiger partial charge is 0.394 e. The first-order valence-electron chi connectivity index (χ1n) is 7.78. The number of ether oxygens (including phenoxy) is 1. The fraction of sp³-hybridized carbons (Fsp3) is 0.588. The number of morpholine rings is 1. The van der Waals surface area contributed by atoms with Gasteiger partial charge in [0, 0.05) is 6.54 Å². The monoisotopic (exact) mass is 345 g/mol. The van der Waals surface area contributed by atoms with E-state index in [2.05, 4.69) is 0 Å². The molecule has 1 amide bonds. The second-order valence-corrected chi connectivity index (χ2v) is 6.65. The van der Waals surface area contributed by atoms with Gasteiger partial charge in [-0.05, 0) is 32.4 Å². The average molecular weight is 345 g/mol. The summed E-state index contributed by atoms with van der Waals surface area (Å²) in [4.78, 5) is 14.5. The van der Waals surface area contributed by atoms with Crippen LogP contribution in [0.2, 0.25) is 0 Å². The number of carbonyl (C=O) groups is 1. The zero-order valence-corrected chi connectivity index (χ0v) is 13.9. The van der Waals surface area contributed by atoms with Crippen LogP contribution in [-0.4, -0.2) is 47.8 Å². The van der Waals surface area contributed by atoms with Crippen LogP contribution in [0.1, 0.15) is 31.9 Å². The summed E-state index contributed by atoms with van der Waals surface area (Å²) < 4.78 is 44.2. The molecule has 134 valence electrons. The molecule has 0 radical (unpaired) electrons. The van der Waals surface area contributed by atoms with E-state index in [-0.39, 0.29) is 31.7 Å². The fourth-order valence-corrected chi connectivity index (χ4v) is 2.78. The normalized spacial score (nSPS) is 22.5. The maximum absolute atomic E-state index is 13.0. The van der Waals surface area contributed by atoms with Gasteiger partial charge in [0.1, 0.15) is 0 Å². The van der Waals surface area contributed by atoms with Crippen molar-refractivity contribution >= 4 is 5.91 Å². The Bertz CT molecular complexity index is 601. The van der Waals surface area contributed by atoms with Gasteiger partial charge in [0.2, 0.25) is 5.91 Å². The fourth-order valence-electron chi connectivity index (χ4n) is 2.78. The number of benzene rings is 1. The maximum Gasteiger partial charge on any atom is 0.416 e. The Morgan fingerprint density at radius 3 is 2.54 bits per heavy atom. The Balaban J connectivity index is 2.30. The number of hydrogen-bond acceptors (Lipinski definition) is 3. The Morgan fingerprint density at radius 1 is 1.33 bits per heavy atom. The van der Waals surface area contributed by atoms with Crippen molar-refractivity contribution in [2.24, 2.45) is 0 Å². The van der Waals surface area contributed by atoms with Gasteiger partial charge in [-0.15, -0.1) is 0 Å². The predicted molar refractivity (Wildman–Crippen MR) is 82.5 cm³/mol. The Hall–Kier alpha value is -1.60. The van der Waals surface area contributed by atoms with Crippen molar-refractivity contribution in [3.8, 4) is 0 Å². The molecule has 1 saturated heterocycles. The van der Waals surface area contributed by atoms with Crippen molar-refractivity contribution in [1.82, 2.24) is 4.90 Å². The van der Waals surface area contributed by atoms with E-state index in [1.807, 2.05) is 6.92 Å². The Morgan fingerprint density at radius 2 is 1.96 bits per heavy atom. The number of amides is 1. The topological polar surface area (TPSA) is 49.8 Å². The largest absolute Gasteiger partial charge is 0.416 e. The summed E-state index contributed by atoms with van der Waals surface area (Å²) in [6.45, 7) is 5.34. The van der Waals surface area contributed by atoms with Crippen molar-refractivity contribution in [1.29, 1.82) is 0 Å². The number of aliphatic hydroxyl groups is 1. The lowest BCUT2D eigenvalue weighted by molar-refractivity contribution is -0.151. The molecule has 0 aromatic heterocycles. The van der Waals surface area contributed by atoms with Gasteiger partial charge < -0.3 is 14.7 Å². The molecule has 1 aromatic rings. The van der Waals surface area contributed by atoms with Crippen LogP contribution in [0.5, 0.6) is 0 Å². The highest BCUT2D eigenvalue weighted by molar-refractivity contribution is 5.87. The van der Waals surface area contributed by atoms with Crippen LogP contribution in [0.15, 0.2) is 24.3 Å². The molecular formula is C17H22F3NO3. The first kappa shape index (κ1) is 18.7. The molecule has 1 N–H and O–H groups in total. The highest BCUT2D eigenvalue weighted by Crippen LogP contribution is 2.34. The summed E-state index contributed by atoms with van der Waals surface area (Å²) in [5, 5.41) is 9.23. The molecule has 1 aliphatic rings. The lowest BCUT2D eigenvalue weighted by atomic mass is 9.82. The molecule has 4 nitrogen and oxygen atoms in total. The van der Waals surface area contributed by atoms with E-state index < -0.39 is 23.3 Å². The molecule has 1 heterocycles. The Kier molecular flexibility index (Phi) is 5.25. The zero-order chi connectivity index (χ0) is 18.1. The highest BCUT2D eigenvalue weighted by atomic mass is 19.4. The molecule has 1 fully saturated rings. The van der Waals surface area contributed by atoms with E-state index >= 15 is 0 Å². The van der Waals surface area contributed by atoms with Gasteiger partial charge in [-0.3, -0.25) is 4.79 Å². The van der Waals surface area contributed by atoms with Crippen molar-refractivity contribution in [2.45, 2.75) is 44.5 Å². The molecule has 7 heteroatoms. The maximum atomic E-state index is 13.0. The molecule has 0 aliphatic carbocycles. The van der Waals surface area contributed by atoms with Crippen LogP contribution < -0.4 is 0 Å². The van der Waals surface area contributed by atoms with Gasteiger partial charge in [0.05, 0.1) is 36.3 Å². The molecule has 0 spiro atoms. The van der Waals surface area contributed by atoms with Gasteiger partial charge in [-0.2, -0.15) is 13.2 Å². The van der Waals surface area contributed by atoms with E-state index in [9.17, 15) is 23.1 Å². The second kappa shape index (κ2) is 6.72. The van der Waals surface area contributed by atoms with Crippen LogP contribution in [0, 0.1) is 0 Å². The second-order valence-electron chi connectivity index (χ2n) is 6.65. The van der Waals surface area contributed by atoms with E-state index in [1.54, 1.807) is 18.7 Å². The van der Waals surface area contributed by atoms with Crippen LogP contribution in [0.3, 0.4) is 0 Å². The van der Waals surface area contributed by atoms with E-state index in [0.29, 0.717) is 5.56 Å². The van der Waals surface area contributed by atoms with E-state index in [1.165, 1.54) is 12.1 Å². The molecule has 24 heavy (non-hydrogen) atoms. The summed E-state index contributed by atoms with van der Waals surface area (Å²) >= 11 is 0. The van der Waals surface area contributed by atoms with Crippen molar-refractivity contribution in [3.05, 3.63) is 35.4 Å². The van der Waals surface area contributed by atoms with Gasteiger partial charge in [-0.25, -0.2) is 0 Å². The molecule has 2 unspecified atom stereocenters. The van der Waals surface area contributed by atoms with Gasteiger partial charge in [0.25, 0.3) is 0 Å². The number of rotatable bonds is 3. The standard InChI is InChI=1S/C17H22F3NO3/c1-11-10-24-14(9-22)8-21(11)15(23)16(2,3)12-5-4-6-13(7-12)17(18,19)20/h4-7,11,14,22H,8-10H2,1-3H3. The minimum Gasteiger partial charge on any atom is -0.394 e. The third-order valence-corrected chi connectivity index (χ3v) is 4.42. The third kappa shape index (κ3) is 3.72. The first-order chi connectivity index (χ1) is 11.1. The molecular weight excluding hydrogens is 323 g/mol. The van der Waals surface area contributed by atoms with Crippen molar-refractivity contribution in [3.63, 3.8) is 0 Å². The molecule has 1 aliphatic heterocycles. The highest BCUT2D eigenvalue weighted by Gasteiger charge is 2.40. The van der Waals surface area contributed by atoms with Crippen LogP contribution in [0.4, 0.5) is 13.2 Å². The number of carbonyl (C=O) groups excluding carboxylic acids is 1. The van der Waals surface area contributed by atoms with Crippen LogP contribution in [-0.2, 0) is 21.1 Å². The lowest BCUT2D eigenvalue weighted by Crippen LogP contribution is -2.56. The predicted octanol–water partition coefficient (Wildman–Crippen LogP) is 2.59. The van der Waals surface area contributed by atoms with Gasteiger partial charge in [-0.1, -0.05) is 18.2 Å². The summed E-state index contributed by atoms with van der Waals surface area (Å²) in [6.07, 6.45) is -4.92. The summed E-state index contributed by atoms with van der Waals surface area (Å²) in [5.41, 5.74) is -1.59. The molecule has 2 atom stereocenters. The molecule has 1 aromatic carbocycles. The first-order valence-corrected chi connectivity index (χ1v) is 7.78. The summed E-state index contributed by atoms with van der Waals surface area (Å²) in [7, 11) is 0. The summed E-state index contributed by atoms with van der Waals surface area (Å²) in [5.74, 6) is -0.281. The minimum absolute atomic E-state index is 0.203.